The number of nitrogens with one attached hydrogen (secondary N) is 1. The number of benzene rings is 1. The van der Waals surface area contributed by atoms with Gasteiger partial charge in [-0.25, -0.2) is 4.79 Å². The largest absolute Gasteiger partial charge is 0.465 e. The summed E-state index contributed by atoms with van der Waals surface area (Å²) >= 11 is 0. The number of nitriles is 1. The van der Waals surface area contributed by atoms with Gasteiger partial charge in [0.1, 0.15) is 6.10 Å². The lowest BCUT2D eigenvalue weighted by Crippen LogP contribution is -2.18. The highest BCUT2D eigenvalue weighted by Gasteiger charge is 2.22. The van der Waals surface area contributed by atoms with Crippen molar-refractivity contribution in [3.05, 3.63) is 29.5 Å². The molecule has 20 heavy (non-hydrogen) atoms. The van der Waals surface area contributed by atoms with Gasteiger partial charge in [-0.05, 0) is 18.2 Å². The number of nitrogens with zero attached hydrogens (tertiary/aromatic N) is 2. The Bertz CT molecular complexity index is 674. The summed E-state index contributed by atoms with van der Waals surface area (Å²) < 4.78 is 4.61. The Balaban J connectivity index is 2.38. The first kappa shape index (κ1) is 14.0. The van der Waals surface area contributed by atoms with E-state index in [2.05, 4.69) is 14.9 Å². The summed E-state index contributed by atoms with van der Waals surface area (Å²) in [6, 6.07) is 6.44. The number of ether oxygens (including phenoxy) is 1. The van der Waals surface area contributed by atoms with Crippen LogP contribution in [-0.4, -0.2) is 39.6 Å². The first-order valence-electron chi connectivity index (χ1n) is 5.88. The Morgan fingerprint density at radius 2 is 2.30 bits per heavy atom. The van der Waals surface area contributed by atoms with Gasteiger partial charge in [-0.2, -0.15) is 10.4 Å². The van der Waals surface area contributed by atoms with Crippen molar-refractivity contribution in [1.82, 2.24) is 10.2 Å². The first-order chi connectivity index (χ1) is 9.58. The maximum Gasteiger partial charge on any atom is 0.337 e. The van der Waals surface area contributed by atoms with Crippen LogP contribution in [0.3, 0.4) is 0 Å². The highest BCUT2D eigenvalue weighted by atomic mass is 16.5. The van der Waals surface area contributed by atoms with Gasteiger partial charge in [0, 0.05) is 5.39 Å². The second-order valence-corrected chi connectivity index (χ2v) is 4.24. The number of carbonyl (C=O) groups excluding carboxylic acids is 1. The second kappa shape index (κ2) is 5.69. The number of aliphatic hydroxyl groups excluding tert-OH is 2. The molecule has 0 radical (unpaired) electrons. The molecule has 7 heteroatoms. The number of hydrogen-bond donors (Lipinski definition) is 3. The zero-order valence-corrected chi connectivity index (χ0v) is 10.7. The predicted octanol–water partition coefficient (Wildman–Crippen LogP) is 0.657. The van der Waals surface area contributed by atoms with Gasteiger partial charge in [0.2, 0.25) is 0 Å². The predicted molar refractivity (Wildman–Crippen MR) is 68.6 cm³/mol. The zero-order chi connectivity index (χ0) is 14.7. The fourth-order valence-corrected chi connectivity index (χ4v) is 1.90. The summed E-state index contributed by atoms with van der Waals surface area (Å²) in [6.45, 7) is 0. The molecule has 3 N–H and O–H groups in total. The van der Waals surface area contributed by atoms with Gasteiger partial charge in [0.25, 0.3) is 0 Å². The minimum atomic E-state index is -1.25. The molecule has 0 amide bonds. The van der Waals surface area contributed by atoms with Crippen molar-refractivity contribution in [3.8, 4) is 6.07 Å². The molecule has 1 aromatic heterocycles. The molecule has 104 valence electrons. The van der Waals surface area contributed by atoms with Crippen molar-refractivity contribution in [2.75, 3.05) is 7.11 Å². The third-order valence-electron chi connectivity index (χ3n) is 2.97. The third kappa shape index (κ3) is 2.47. The average molecular weight is 275 g/mol. The SMILES string of the molecule is COC(=O)c1ccc2c(C(O)C(O)CC#N)[nH]nc2c1. The number of hydrogen-bond acceptors (Lipinski definition) is 6. The Kier molecular flexibility index (Phi) is 3.98. The standard InChI is InChI=1S/C13H13N3O4/c1-20-13(19)7-2-3-8-9(6-7)15-16-11(8)12(18)10(17)4-5-14/h2-3,6,10,12,17-18H,4H2,1H3,(H,15,16). The molecule has 2 unspecified atom stereocenters. The van der Waals surface area contributed by atoms with Gasteiger partial charge in [-0.1, -0.05) is 0 Å². The van der Waals surface area contributed by atoms with E-state index >= 15 is 0 Å². The number of aliphatic hydroxyl groups is 2. The summed E-state index contributed by atoms with van der Waals surface area (Å²) in [5.41, 5.74) is 1.11. The van der Waals surface area contributed by atoms with Gasteiger partial charge in [0.05, 0.1) is 42.5 Å². The van der Waals surface area contributed by atoms with Crippen molar-refractivity contribution in [1.29, 1.82) is 5.26 Å². The molecular formula is C13H13N3O4. The fourth-order valence-electron chi connectivity index (χ4n) is 1.90. The molecule has 1 aromatic carbocycles. The van der Waals surface area contributed by atoms with E-state index in [1.807, 2.05) is 0 Å². The number of carbonyl (C=O) groups is 1. The smallest absolute Gasteiger partial charge is 0.337 e. The van der Waals surface area contributed by atoms with Gasteiger partial charge >= 0.3 is 5.97 Å². The molecule has 2 atom stereocenters. The van der Waals surface area contributed by atoms with E-state index in [0.29, 0.717) is 22.2 Å². The zero-order valence-electron chi connectivity index (χ0n) is 10.7. The van der Waals surface area contributed by atoms with Gasteiger partial charge in [-0.15, -0.1) is 0 Å². The van der Waals surface area contributed by atoms with Gasteiger partial charge in [-0.3, -0.25) is 5.10 Å². The lowest BCUT2D eigenvalue weighted by molar-refractivity contribution is 0.0198. The van der Waals surface area contributed by atoms with E-state index in [1.165, 1.54) is 19.2 Å². The van der Waals surface area contributed by atoms with Crippen molar-refractivity contribution in [3.63, 3.8) is 0 Å². The van der Waals surface area contributed by atoms with E-state index in [0.717, 1.165) is 0 Å². The van der Waals surface area contributed by atoms with Crippen LogP contribution in [0.15, 0.2) is 18.2 Å². The molecule has 0 spiro atoms. The van der Waals surface area contributed by atoms with Crippen LogP contribution in [0.5, 0.6) is 0 Å². The van der Waals surface area contributed by atoms with Crippen LogP contribution in [0, 0.1) is 11.3 Å². The number of aromatic amines is 1. The van der Waals surface area contributed by atoms with Crippen LogP contribution in [0.1, 0.15) is 28.6 Å². The highest BCUT2D eigenvalue weighted by molar-refractivity contribution is 5.94. The molecule has 0 fully saturated rings. The number of rotatable bonds is 4. The van der Waals surface area contributed by atoms with Crippen LogP contribution in [0.4, 0.5) is 0 Å². The highest BCUT2D eigenvalue weighted by Crippen LogP contribution is 2.25. The number of aromatic nitrogens is 2. The fraction of sp³-hybridized carbons (Fsp3) is 0.308. The Morgan fingerprint density at radius 3 is 2.95 bits per heavy atom. The van der Waals surface area contributed by atoms with Crippen LogP contribution in [-0.2, 0) is 4.74 Å². The Labute approximate surface area is 114 Å². The van der Waals surface area contributed by atoms with E-state index < -0.39 is 18.2 Å². The van der Waals surface area contributed by atoms with E-state index in [4.69, 9.17) is 5.26 Å². The van der Waals surface area contributed by atoms with Crippen LogP contribution >= 0.6 is 0 Å². The summed E-state index contributed by atoms with van der Waals surface area (Å²) in [4.78, 5) is 11.4. The van der Waals surface area contributed by atoms with Crippen molar-refractivity contribution in [2.45, 2.75) is 18.6 Å². The Morgan fingerprint density at radius 1 is 1.55 bits per heavy atom. The van der Waals surface area contributed by atoms with E-state index in [9.17, 15) is 15.0 Å². The molecule has 0 aliphatic heterocycles. The number of H-pyrrole nitrogens is 1. The van der Waals surface area contributed by atoms with Gasteiger partial charge in [0.15, 0.2) is 0 Å². The molecule has 2 rings (SSSR count). The normalized spacial score (nSPS) is 13.7. The quantitative estimate of drug-likeness (QED) is 0.705. The summed E-state index contributed by atoms with van der Waals surface area (Å²) in [7, 11) is 1.28. The summed E-state index contributed by atoms with van der Waals surface area (Å²) in [5.74, 6) is -0.485. The molecule has 7 nitrogen and oxygen atoms in total. The molecule has 0 bridgehead atoms. The molecule has 0 saturated heterocycles. The number of methoxy groups -OCH3 is 1. The molecular weight excluding hydrogens is 262 g/mol. The monoisotopic (exact) mass is 275 g/mol. The molecule has 0 aliphatic rings. The molecule has 1 heterocycles. The lowest BCUT2D eigenvalue weighted by Gasteiger charge is -2.13. The van der Waals surface area contributed by atoms with Crippen LogP contribution in [0.2, 0.25) is 0 Å². The van der Waals surface area contributed by atoms with Crippen LogP contribution in [0.25, 0.3) is 10.9 Å². The lowest BCUT2D eigenvalue weighted by atomic mass is 10.0. The van der Waals surface area contributed by atoms with Crippen molar-refractivity contribution in [2.24, 2.45) is 0 Å². The van der Waals surface area contributed by atoms with Crippen molar-refractivity contribution >= 4 is 16.9 Å². The topological polar surface area (TPSA) is 119 Å². The maximum absolute atomic E-state index is 11.4. The maximum atomic E-state index is 11.4. The molecule has 2 aromatic rings. The minimum absolute atomic E-state index is 0.193. The number of esters is 1. The Hall–Kier alpha value is -2.43. The molecule has 0 aliphatic carbocycles. The molecule has 0 saturated carbocycles. The van der Waals surface area contributed by atoms with E-state index in [-0.39, 0.29) is 6.42 Å². The second-order valence-electron chi connectivity index (χ2n) is 4.24. The van der Waals surface area contributed by atoms with Crippen molar-refractivity contribution < 1.29 is 19.7 Å². The van der Waals surface area contributed by atoms with Gasteiger partial charge < -0.3 is 14.9 Å². The van der Waals surface area contributed by atoms with Crippen LogP contribution < -0.4 is 0 Å². The first-order valence-corrected chi connectivity index (χ1v) is 5.88. The van der Waals surface area contributed by atoms with E-state index in [1.54, 1.807) is 12.1 Å². The summed E-state index contributed by atoms with van der Waals surface area (Å²) in [6.07, 6.45) is -2.64. The number of fused-ring (bicyclic) bond motifs is 1. The summed E-state index contributed by atoms with van der Waals surface area (Å²) in [5, 5.41) is 35.3. The average Bonchev–Trinajstić information content (AvgIpc) is 2.88. The third-order valence-corrected chi connectivity index (χ3v) is 2.97. The minimum Gasteiger partial charge on any atom is -0.465 e.